The third-order valence-electron chi connectivity index (χ3n) is 3.57. The van der Waals surface area contributed by atoms with Crippen LogP contribution in [0.15, 0.2) is 34.9 Å². The summed E-state index contributed by atoms with van der Waals surface area (Å²) in [5, 5.41) is 6.28. The number of carbonyl (C=O) groups is 1. The summed E-state index contributed by atoms with van der Waals surface area (Å²) in [6, 6.07) is 7.39. The fourth-order valence-corrected chi connectivity index (χ4v) is 3.21. The van der Waals surface area contributed by atoms with Gasteiger partial charge in [0.25, 0.3) is 5.91 Å². The second-order valence-electron chi connectivity index (χ2n) is 5.42. The molecule has 0 saturated carbocycles. The van der Waals surface area contributed by atoms with E-state index in [9.17, 15) is 17.6 Å². The zero-order chi connectivity index (χ0) is 18.4. The van der Waals surface area contributed by atoms with Gasteiger partial charge in [-0.05, 0) is 18.6 Å². The molecule has 136 valence electrons. The second-order valence-corrected chi connectivity index (χ2v) is 7.40. The molecule has 0 unspecified atom stereocenters. The van der Waals surface area contributed by atoms with Gasteiger partial charge in [0.2, 0.25) is 10.0 Å². The largest absolute Gasteiger partial charge is 0.355 e. The monoisotopic (exact) mass is 369 g/mol. The van der Waals surface area contributed by atoms with E-state index in [0.29, 0.717) is 19.5 Å². The van der Waals surface area contributed by atoms with Gasteiger partial charge in [-0.3, -0.25) is 4.79 Å². The summed E-state index contributed by atoms with van der Waals surface area (Å²) in [4.78, 5) is 12.0. The SMILES string of the molecule is CCN(CCCNC(=O)c1cc(-c2ccccc2F)on1)S(C)(=O)=O. The van der Waals surface area contributed by atoms with E-state index in [2.05, 4.69) is 10.5 Å². The molecule has 0 radical (unpaired) electrons. The first-order chi connectivity index (χ1) is 11.8. The van der Waals surface area contributed by atoms with E-state index in [0.717, 1.165) is 6.26 Å². The maximum atomic E-state index is 13.7. The number of halogens is 1. The molecule has 1 heterocycles. The van der Waals surface area contributed by atoms with Crippen LogP contribution in [0.5, 0.6) is 0 Å². The minimum atomic E-state index is -3.24. The number of aromatic nitrogens is 1. The van der Waals surface area contributed by atoms with Gasteiger partial charge in [-0.2, -0.15) is 0 Å². The molecule has 1 aromatic heterocycles. The van der Waals surface area contributed by atoms with Gasteiger partial charge >= 0.3 is 0 Å². The molecule has 0 spiro atoms. The van der Waals surface area contributed by atoms with Crippen molar-refractivity contribution in [2.75, 3.05) is 25.9 Å². The lowest BCUT2D eigenvalue weighted by Gasteiger charge is -2.17. The van der Waals surface area contributed by atoms with E-state index >= 15 is 0 Å². The molecule has 0 aliphatic heterocycles. The fraction of sp³-hybridized carbons (Fsp3) is 0.375. The molecule has 7 nitrogen and oxygen atoms in total. The Balaban J connectivity index is 1.89. The summed E-state index contributed by atoms with van der Waals surface area (Å²) in [7, 11) is -3.24. The zero-order valence-corrected chi connectivity index (χ0v) is 14.8. The quantitative estimate of drug-likeness (QED) is 0.717. The van der Waals surface area contributed by atoms with Crippen molar-refractivity contribution in [1.29, 1.82) is 0 Å². The molecular weight excluding hydrogens is 349 g/mol. The first-order valence-electron chi connectivity index (χ1n) is 7.78. The number of nitrogens with zero attached hydrogens (tertiary/aromatic N) is 2. The Morgan fingerprint density at radius 3 is 2.72 bits per heavy atom. The van der Waals surface area contributed by atoms with Gasteiger partial charge in [-0.1, -0.05) is 24.2 Å². The smallest absolute Gasteiger partial charge is 0.273 e. The number of carbonyl (C=O) groups excluding carboxylic acids is 1. The Labute approximate surface area is 145 Å². The molecule has 2 aromatic rings. The summed E-state index contributed by atoms with van der Waals surface area (Å²) in [5.74, 6) is -0.766. The van der Waals surface area contributed by atoms with Crippen LogP contribution < -0.4 is 5.32 Å². The Morgan fingerprint density at radius 2 is 2.08 bits per heavy atom. The van der Waals surface area contributed by atoms with Gasteiger partial charge in [0, 0.05) is 25.7 Å². The van der Waals surface area contributed by atoms with Crippen molar-refractivity contribution < 1.29 is 22.1 Å². The fourth-order valence-electron chi connectivity index (χ4n) is 2.28. The molecule has 25 heavy (non-hydrogen) atoms. The van der Waals surface area contributed by atoms with Crippen LogP contribution in [0.2, 0.25) is 0 Å². The van der Waals surface area contributed by atoms with E-state index in [1.165, 1.54) is 22.5 Å². The lowest BCUT2D eigenvalue weighted by atomic mass is 10.1. The number of benzene rings is 1. The van der Waals surface area contributed by atoms with E-state index in [-0.39, 0.29) is 23.6 Å². The van der Waals surface area contributed by atoms with Gasteiger partial charge in [-0.15, -0.1) is 0 Å². The summed E-state index contributed by atoms with van der Waals surface area (Å²) in [6.45, 7) is 2.73. The molecule has 0 saturated heterocycles. The predicted octanol–water partition coefficient (Wildman–Crippen LogP) is 1.88. The van der Waals surface area contributed by atoms with Gasteiger partial charge in [-0.25, -0.2) is 17.1 Å². The standard InChI is InChI=1S/C16H20FN3O4S/c1-3-20(25(2,22)23)10-6-9-18-16(21)14-11-15(24-19-14)12-7-4-5-8-13(12)17/h4-5,7-8,11H,3,6,9-10H2,1-2H3,(H,18,21). The first kappa shape index (κ1) is 19.1. The van der Waals surface area contributed by atoms with Crippen molar-refractivity contribution in [3.05, 3.63) is 41.8 Å². The van der Waals surface area contributed by atoms with Crippen LogP contribution in [-0.4, -0.2) is 49.7 Å². The lowest BCUT2D eigenvalue weighted by Crippen LogP contribution is -2.33. The van der Waals surface area contributed by atoms with Crippen LogP contribution in [0.1, 0.15) is 23.8 Å². The van der Waals surface area contributed by atoms with Crippen LogP contribution in [-0.2, 0) is 10.0 Å². The summed E-state index contributed by atoms with van der Waals surface area (Å²) in [5.41, 5.74) is 0.259. The molecular formula is C16H20FN3O4S. The van der Waals surface area contributed by atoms with E-state index in [1.54, 1.807) is 19.1 Å². The average Bonchev–Trinajstić information content (AvgIpc) is 3.03. The maximum absolute atomic E-state index is 13.7. The average molecular weight is 369 g/mol. The highest BCUT2D eigenvalue weighted by molar-refractivity contribution is 7.88. The topological polar surface area (TPSA) is 92.5 Å². The van der Waals surface area contributed by atoms with Crippen molar-refractivity contribution in [2.24, 2.45) is 0 Å². The van der Waals surface area contributed by atoms with Crippen molar-refractivity contribution in [3.63, 3.8) is 0 Å². The van der Waals surface area contributed by atoms with Crippen molar-refractivity contribution in [3.8, 4) is 11.3 Å². The zero-order valence-electron chi connectivity index (χ0n) is 14.0. The Kier molecular flexibility index (Phi) is 6.27. The van der Waals surface area contributed by atoms with Crippen molar-refractivity contribution in [2.45, 2.75) is 13.3 Å². The van der Waals surface area contributed by atoms with Crippen LogP contribution in [0.4, 0.5) is 4.39 Å². The number of rotatable bonds is 8. The minimum Gasteiger partial charge on any atom is -0.355 e. The second kappa shape index (κ2) is 8.21. The molecule has 0 atom stereocenters. The van der Waals surface area contributed by atoms with Gasteiger partial charge in [0.05, 0.1) is 11.8 Å². The molecule has 0 aliphatic carbocycles. The Morgan fingerprint density at radius 1 is 1.36 bits per heavy atom. The number of hydrogen-bond donors (Lipinski definition) is 1. The third-order valence-corrected chi connectivity index (χ3v) is 4.95. The molecule has 1 aromatic carbocycles. The number of amides is 1. The third kappa shape index (κ3) is 5.10. The summed E-state index contributed by atoms with van der Waals surface area (Å²) >= 11 is 0. The van der Waals surface area contributed by atoms with Crippen molar-refractivity contribution in [1.82, 2.24) is 14.8 Å². The highest BCUT2D eigenvalue weighted by atomic mass is 32.2. The highest BCUT2D eigenvalue weighted by Gasteiger charge is 2.16. The van der Waals surface area contributed by atoms with Crippen LogP contribution in [0.3, 0.4) is 0 Å². The van der Waals surface area contributed by atoms with Crippen LogP contribution in [0.25, 0.3) is 11.3 Å². The number of nitrogens with one attached hydrogen (secondary N) is 1. The molecule has 0 bridgehead atoms. The van der Waals surface area contributed by atoms with E-state index < -0.39 is 21.7 Å². The minimum absolute atomic E-state index is 0.0358. The molecule has 0 fully saturated rings. The predicted molar refractivity (Wildman–Crippen MR) is 90.9 cm³/mol. The van der Waals surface area contributed by atoms with Crippen LogP contribution >= 0.6 is 0 Å². The van der Waals surface area contributed by atoms with Gasteiger partial charge < -0.3 is 9.84 Å². The van der Waals surface area contributed by atoms with Gasteiger partial charge in [0.15, 0.2) is 11.5 Å². The first-order valence-corrected chi connectivity index (χ1v) is 9.62. The van der Waals surface area contributed by atoms with E-state index in [1.807, 2.05) is 0 Å². The summed E-state index contributed by atoms with van der Waals surface area (Å²) in [6.07, 6.45) is 1.61. The number of hydrogen-bond acceptors (Lipinski definition) is 5. The normalized spacial score (nSPS) is 11.7. The van der Waals surface area contributed by atoms with Gasteiger partial charge in [0.1, 0.15) is 5.82 Å². The molecule has 1 N–H and O–H groups in total. The number of sulfonamides is 1. The van der Waals surface area contributed by atoms with Crippen LogP contribution in [0, 0.1) is 5.82 Å². The summed E-state index contributed by atoms with van der Waals surface area (Å²) < 4.78 is 43.0. The molecule has 0 aliphatic rings. The molecule has 2 rings (SSSR count). The highest BCUT2D eigenvalue weighted by Crippen LogP contribution is 2.23. The molecule has 9 heteroatoms. The maximum Gasteiger partial charge on any atom is 0.273 e. The Hall–Kier alpha value is -2.26. The van der Waals surface area contributed by atoms with Crippen molar-refractivity contribution >= 4 is 15.9 Å². The molecule has 1 amide bonds. The Bertz CT molecular complexity index is 835. The lowest BCUT2D eigenvalue weighted by molar-refractivity contribution is 0.0944. The van der Waals surface area contributed by atoms with E-state index in [4.69, 9.17) is 4.52 Å².